The molecule has 0 radical (unpaired) electrons. The highest BCUT2D eigenvalue weighted by Gasteiger charge is 2.56. The van der Waals surface area contributed by atoms with E-state index in [1.165, 1.54) is 23.9 Å². The van der Waals surface area contributed by atoms with Crippen LogP contribution in [0.25, 0.3) is 0 Å². The zero-order chi connectivity index (χ0) is 20.0. The Morgan fingerprint density at radius 2 is 2.11 bits per heavy atom. The van der Waals surface area contributed by atoms with Crippen molar-refractivity contribution in [2.75, 3.05) is 20.4 Å². The summed E-state index contributed by atoms with van der Waals surface area (Å²) in [6.45, 7) is 6.07. The van der Waals surface area contributed by atoms with Crippen molar-refractivity contribution in [3.63, 3.8) is 0 Å². The smallest absolute Gasteiger partial charge is 0.330 e. The Hall–Kier alpha value is -1.56. The van der Waals surface area contributed by atoms with Gasteiger partial charge in [0.15, 0.2) is 14.6 Å². The van der Waals surface area contributed by atoms with Crippen LogP contribution in [0.15, 0.2) is 21.9 Å². The molecule has 27 heavy (non-hydrogen) atoms. The van der Waals surface area contributed by atoms with E-state index in [1.54, 1.807) is 0 Å². The number of hydrogen-bond donors (Lipinski definition) is 1. The number of nitrogens with zero attached hydrogens (tertiary/aromatic N) is 2. The number of nitrogens with one attached hydrogen (secondary N) is 1. The molecule has 4 atom stereocenters. The van der Waals surface area contributed by atoms with E-state index in [4.69, 9.17) is 23.8 Å². The molecule has 9 nitrogen and oxygen atoms in total. The number of hydrogen-bond acceptors (Lipinski definition) is 7. The molecule has 0 saturated carbocycles. The van der Waals surface area contributed by atoms with Crippen LogP contribution in [0, 0.1) is 11.3 Å². The minimum atomic E-state index is -1.26. The number of rotatable bonds is 9. The fourth-order valence-corrected chi connectivity index (χ4v) is 4.33. The van der Waals surface area contributed by atoms with Crippen LogP contribution in [0.5, 0.6) is 0 Å². The molecule has 1 saturated heterocycles. The molecular formula is C17H26N3O6P. The van der Waals surface area contributed by atoms with Gasteiger partial charge in [-0.05, 0) is 12.8 Å². The zero-order valence-corrected chi connectivity index (χ0v) is 16.9. The highest BCUT2D eigenvalue weighted by atomic mass is 31.2. The van der Waals surface area contributed by atoms with E-state index in [0.29, 0.717) is 12.8 Å². The summed E-state index contributed by atoms with van der Waals surface area (Å²) in [7, 11) is 0.269. The average molecular weight is 399 g/mol. The number of aromatic nitrogens is 2. The number of nitriles is 1. The van der Waals surface area contributed by atoms with Crippen molar-refractivity contribution >= 4 is 8.38 Å². The van der Waals surface area contributed by atoms with Crippen LogP contribution in [0.3, 0.4) is 0 Å². The van der Waals surface area contributed by atoms with Crippen LogP contribution in [0.1, 0.15) is 39.3 Å². The molecule has 1 aliphatic heterocycles. The summed E-state index contributed by atoms with van der Waals surface area (Å²) in [6.07, 6.45) is 1.18. The molecule has 1 fully saturated rings. The highest BCUT2D eigenvalue weighted by molar-refractivity contribution is 7.46. The Balaban J connectivity index is 2.33. The summed E-state index contributed by atoms with van der Waals surface area (Å²) in [5, 5.41) is 8.65. The van der Waals surface area contributed by atoms with E-state index in [0.717, 1.165) is 0 Å². The maximum atomic E-state index is 12.3. The number of methoxy groups -OCH3 is 1. The maximum Gasteiger partial charge on any atom is 0.330 e. The first-order chi connectivity index (χ1) is 12.9. The predicted molar refractivity (Wildman–Crippen MR) is 99.5 cm³/mol. The van der Waals surface area contributed by atoms with Crippen molar-refractivity contribution in [2.45, 2.75) is 57.1 Å². The lowest BCUT2D eigenvalue weighted by atomic mass is 9.90. The molecule has 0 aromatic carbocycles. The molecule has 2 rings (SSSR count). The number of aromatic amines is 1. The largest absolute Gasteiger partial charge is 0.374 e. The van der Waals surface area contributed by atoms with Crippen molar-refractivity contribution in [3.8, 4) is 6.07 Å². The van der Waals surface area contributed by atoms with Gasteiger partial charge >= 0.3 is 5.69 Å². The molecular weight excluding hydrogens is 373 g/mol. The van der Waals surface area contributed by atoms with Crippen LogP contribution in [-0.4, -0.2) is 47.7 Å². The molecule has 1 aromatic rings. The monoisotopic (exact) mass is 399 g/mol. The molecule has 150 valence electrons. The molecule has 0 bridgehead atoms. The summed E-state index contributed by atoms with van der Waals surface area (Å²) in [5.74, 6) is 0. The molecule has 0 amide bonds. The van der Waals surface area contributed by atoms with E-state index in [-0.39, 0.29) is 13.0 Å². The molecule has 1 aliphatic rings. The number of ether oxygens (including phenoxy) is 2. The summed E-state index contributed by atoms with van der Waals surface area (Å²) in [5.41, 5.74) is -1.72. The fourth-order valence-electron chi connectivity index (χ4n) is 3.29. The van der Waals surface area contributed by atoms with Crippen molar-refractivity contribution in [1.29, 1.82) is 5.26 Å². The molecule has 1 aromatic heterocycles. The SMILES string of the molecule is CCC1(CC)O[C@@H](n2ccc(=O)[nH]c2=O)[C@@H](OC)C1OP(C)OCCC#N. The lowest BCUT2D eigenvalue weighted by molar-refractivity contribution is -0.107. The first kappa shape index (κ1) is 21.7. The Kier molecular flexibility index (Phi) is 7.71. The first-order valence-electron chi connectivity index (χ1n) is 8.84. The minimum absolute atomic E-state index is 0.285. The van der Waals surface area contributed by atoms with Crippen LogP contribution in [-0.2, 0) is 18.5 Å². The number of H-pyrrole nitrogens is 1. The van der Waals surface area contributed by atoms with E-state index >= 15 is 0 Å². The van der Waals surface area contributed by atoms with Gasteiger partial charge in [0.25, 0.3) is 5.56 Å². The molecule has 0 spiro atoms. The van der Waals surface area contributed by atoms with Gasteiger partial charge in [0, 0.05) is 26.0 Å². The summed E-state index contributed by atoms with van der Waals surface area (Å²) in [4.78, 5) is 25.9. The molecule has 10 heteroatoms. The van der Waals surface area contributed by atoms with Gasteiger partial charge in [-0.1, -0.05) is 13.8 Å². The summed E-state index contributed by atoms with van der Waals surface area (Å²) >= 11 is 0. The molecule has 0 aliphatic carbocycles. The van der Waals surface area contributed by atoms with Crippen LogP contribution < -0.4 is 11.2 Å². The lowest BCUT2D eigenvalue weighted by Crippen LogP contribution is -2.44. The van der Waals surface area contributed by atoms with Gasteiger partial charge in [0.1, 0.15) is 12.2 Å². The predicted octanol–water partition coefficient (Wildman–Crippen LogP) is 1.90. The Labute approximate surface area is 159 Å². The molecule has 2 heterocycles. The quantitative estimate of drug-likeness (QED) is 0.498. The van der Waals surface area contributed by atoms with Gasteiger partial charge in [-0.3, -0.25) is 14.3 Å². The lowest BCUT2D eigenvalue weighted by Gasteiger charge is -2.34. The van der Waals surface area contributed by atoms with Crippen molar-refractivity contribution in [2.24, 2.45) is 0 Å². The van der Waals surface area contributed by atoms with Gasteiger partial charge in [-0.2, -0.15) is 5.26 Å². The standard InChI is InChI=1S/C17H26N3O6P/c1-5-17(6-2)14(26-27(4)24-11-7-9-18)13(23-3)15(25-17)20-10-8-12(21)19-16(20)22/h8,10,13-15H,5-7,11H2,1-4H3,(H,19,21,22)/t13-,14?,15+,27?/m0/s1. The van der Waals surface area contributed by atoms with Crippen molar-refractivity contribution in [1.82, 2.24) is 9.55 Å². The Morgan fingerprint density at radius 1 is 1.41 bits per heavy atom. The second kappa shape index (κ2) is 9.58. The normalized spacial score (nSPS) is 25.2. The van der Waals surface area contributed by atoms with Gasteiger partial charge in [0.05, 0.1) is 24.7 Å². The third kappa shape index (κ3) is 4.65. The van der Waals surface area contributed by atoms with E-state index in [2.05, 4.69) is 4.98 Å². The first-order valence-corrected chi connectivity index (χ1v) is 10.5. The topological polar surface area (TPSA) is 116 Å². The Morgan fingerprint density at radius 3 is 2.67 bits per heavy atom. The molecule has 1 N–H and O–H groups in total. The van der Waals surface area contributed by atoms with E-state index < -0.39 is 43.7 Å². The molecule has 2 unspecified atom stereocenters. The summed E-state index contributed by atoms with van der Waals surface area (Å²) in [6, 6.07) is 3.29. The third-order valence-corrected chi connectivity index (χ3v) is 5.87. The van der Waals surface area contributed by atoms with Gasteiger partial charge in [-0.25, -0.2) is 4.79 Å². The van der Waals surface area contributed by atoms with E-state index in [9.17, 15) is 9.59 Å². The van der Waals surface area contributed by atoms with Gasteiger partial charge < -0.3 is 18.5 Å². The maximum absolute atomic E-state index is 12.3. The zero-order valence-electron chi connectivity index (χ0n) is 16.0. The van der Waals surface area contributed by atoms with Crippen LogP contribution in [0.4, 0.5) is 0 Å². The minimum Gasteiger partial charge on any atom is -0.374 e. The van der Waals surface area contributed by atoms with Gasteiger partial charge in [-0.15, -0.1) is 0 Å². The summed E-state index contributed by atoms with van der Waals surface area (Å²) < 4.78 is 25.0. The van der Waals surface area contributed by atoms with E-state index in [1.807, 2.05) is 26.6 Å². The van der Waals surface area contributed by atoms with Crippen LogP contribution in [0.2, 0.25) is 0 Å². The second-order valence-electron chi connectivity index (χ2n) is 6.21. The van der Waals surface area contributed by atoms with Crippen molar-refractivity contribution < 1.29 is 18.5 Å². The highest BCUT2D eigenvalue weighted by Crippen LogP contribution is 2.49. The Bertz CT molecular complexity index is 769. The van der Waals surface area contributed by atoms with Gasteiger partial charge in [0.2, 0.25) is 0 Å². The average Bonchev–Trinajstić information content (AvgIpc) is 2.95. The van der Waals surface area contributed by atoms with Crippen LogP contribution >= 0.6 is 8.38 Å². The third-order valence-electron chi connectivity index (χ3n) is 4.80. The second-order valence-corrected chi connectivity index (χ2v) is 7.55. The van der Waals surface area contributed by atoms with Crippen molar-refractivity contribution in [3.05, 3.63) is 33.1 Å². The fraction of sp³-hybridized carbons (Fsp3) is 0.706.